The first-order chi connectivity index (χ1) is 10.1. The molecule has 1 amide bonds. The normalized spacial score (nSPS) is 10.2. The highest BCUT2D eigenvalue weighted by Gasteiger charge is 2.11. The number of aromatic nitrogens is 3. The minimum atomic E-state index is -0.277. The Morgan fingerprint density at radius 1 is 1.29 bits per heavy atom. The van der Waals surface area contributed by atoms with Gasteiger partial charge in [0, 0.05) is 5.38 Å². The third-order valence-electron chi connectivity index (χ3n) is 2.40. The van der Waals surface area contributed by atoms with E-state index in [1.165, 1.54) is 31.6 Å². The Morgan fingerprint density at radius 2 is 1.95 bits per heavy atom. The van der Waals surface area contributed by atoms with Gasteiger partial charge in [0.05, 0.1) is 38.3 Å². The number of alkyl halides is 1. The lowest BCUT2D eigenvalue weighted by molar-refractivity contribution is -0.115. The van der Waals surface area contributed by atoms with Gasteiger partial charge in [-0.25, -0.2) is 4.98 Å². The lowest BCUT2D eigenvalue weighted by Gasteiger charge is -2.06. The van der Waals surface area contributed by atoms with Crippen molar-refractivity contribution in [3.63, 3.8) is 0 Å². The number of nitrogens with one attached hydrogen (secondary N) is 1. The molecule has 0 bridgehead atoms. The molecule has 0 spiro atoms. The van der Waals surface area contributed by atoms with Crippen LogP contribution in [-0.4, -0.2) is 35.1 Å². The highest BCUT2D eigenvalue weighted by atomic mass is 35.5. The van der Waals surface area contributed by atoms with Crippen LogP contribution in [0.3, 0.4) is 0 Å². The van der Waals surface area contributed by atoms with Crippen LogP contribution in [0.25, 0.3) is 0 Å². The van der Waals surface area contributed by atoms with Crippen molar-refractivity contribution in [1.82, 2.24) is 15.0 Å². The average Bonchev–Trinajstić information content (AvgIpc) is 2.94. The molecule has 2 heterocycles. The Morgan fingerprint density at radius 3 is 2.48 bits per heavy atom. The Bertz CT molecular complexity index is 612. The van der Waals surface area contributed by atoms with E-state index in [1.807, 2.05) is 5.38 Å². The monoisotopic (exact) mass is 328 g/mol. The Balaban J connectivity index is 2.04. The van der Waals surface area contributed by atoms with Gasteiger partial charge in [-0.2, -0.15) is 9.97 Å². The molecule has 0 aliphatic heterocycles. The van der Waals surface area contributed by atoms with E-state index in [4.69, 9.17) is 21.1 Å². The molecule has 2 aromatic rings. The third-order valence-corrected chi connectivity index (χ3v) is 3.57. The van der Waals surface area contributed by atoms with E-state index in [2.05, 4.69) is 20.3 Å². The van der Waals surface area contributed by atoms with Gasteiger partial charge in [-0.1, -0.05) is 0 Å². The summed E-state index contributed by atoms with van der Waals surface area (Å²) in [7, 11) is 2.94. The standard InChI is InChI=1S/C12H13ClN4O3S/c1-19-9-4-10(20-2)17-12(16-9)15-8(18)3-11-14-7(5-13)6-21-11/h4,6H,3,5H2,1-2H3,(H,15,16,17,18). The maximum absolute atomic E-state index is 11.9. The zero-order valence-corrected chi connectivity index (χ0v) is 13.0. The van der Waals surface area contributed by atoms with E-state index >= 15 is 0 Å². The van der Waals surface area contributed by atoms with Crippen molar-refractivity contribution in [1.29, 1.82) is 0 Å². The lowest BCUT2D eigenvalue weighted by Crippen LogP contribution is -2.16. The zero-order valence-electron chi connectivity index (χ0n) is 11.4. The number of ether oxygens (including phenoxy) is 2. The smallest absolute Gasteiger partial charge is 0.236 e. The molecule has 0 fully saturated rings. The summed E-state index contributed by atoms with van der Waals surface area (Å²) in [6, 6.07) is 1.52. The van der Waals surface area contributed by atoms with Crippen LogP contribution in [0.15, 0.2) is 11.4 Å². The van der Waals surface area contributed by atoms with E-state index < -0.39 is 0 Å². The minimum Gasteiger partial charge on any atom is -0.481 e. The molecule has 1 N–H and O–H groups in total. The van der Waals surface area contributed by atoms with E-state index in [0.717, 1.165) is 5.69 Å². The molecule has 0 unspecified atom stereocenters. The molecule has 0 aliphatic carbocycles. The summed E-state index contributed by atoms with van der Waals surface area (Å²) in [5, 5.41) is 5.08. The summed E-state index contributed by atoms with van der Waals surface area (Å²) < 4.78 is 10.0. The second-order valence-corrected chi connectivity index (χ2v) is 5.08. The first-order valence-electron chi connectivity index (χ1n) is 5.90. The van der Waals surface area contributed by atoms with Crippen molar-refractivity contribution in [3.05, 3.63) is 22.1 Å². The number of anilines is 1. The van der Waals surface area contributed by atoms with Crippen molar-refractivity contribution in [3.8, 4) is 11.8 Å². The molecule has 7 nitrogen and oxygen atoms in total. The lowest BCUT2D eigenvalue weighted by atomic mass is 10.4. The number of thiazole rings is 1. The van der Waals surface area contributed by atoms with Crippen molar-refractivity contribution in [2.45, 2.75) is 12.3 Å². The molecule has 9 heteroatoms. The second kappa shape index (κ2) is 7.19. The highest BCUT2D eigenvalue weighted by Crippen LogP contribution is 2.18. The fourth-order valence-electron chi connectivity index (χ4n) is 1.47. The van der Waals surface area contributed by atoms with E-state index in [9.17, 15) is 4.79 Å². The van der Waals surface area contributed by atoms with Crippen molar-refractivity contribution >= 4 is 34.8 Å². The Labute approximate surface area is 130 Å². The van der Waals surface area contributed by atoms with Gasteiger partial charge in [0.1, 0.15) is 5.01 Å². The Kier molecular flexibility index (Phi) is 5.29. The van der Waals surface area contributed by atoms with Gasteiger partial charge in [0.2, 0.25) is 23.6 Å². The van der Waals surface area contributed by atoms with Crippen LogP contribution in [0.1, 0.15) is 10.7 Å². The van der Waals surface area contributed by atoms with Crippen molar-refractivity contribution in [2.24, 2.45) is 0 Å². The molecule has 0 radical (unpaired) electrons. The molecular formula is C12H13ClN4O3S. The average molecular weight is 329 g/mol. The van der Waals surface area contributed by atoms with Crippen LogP contribution in [0, 0.1) is 0 Å². The van der Waals surface area contributed by atoms with Gasteiger partial charge in [0.15, 0.2) is 0 Å². The predicted molar refractivity (Wildman–Crippen MR) is 79.1 cm³/mol. The topological polar surface area (TPSA) is 86.2 Å². The first-order valence-corrected chi connectivity index (χ1v) is 7.32. The second-order valence-electron chi connectivity index (χ2n) is 3.87. The Hall–Kier alpha value is -1.93. The molecule has 0 saturated carbocycles. The summed E-state index contributed by atoms with van der Waals surface area (Å²) in [5.74, 6) is 0.770. The predicted octanol–water partition coefficient (Wildman–Crippen LogP) is 1.87. The van der Waals surface area contributed by atoms with Crippen LogP contribution in [0.4, 0.5) is 5.95 Å². The molecule has 0 aromatic carbocycles. The maximum atomic E-state index is 11.9. The van der Waals surface area contributed by atoms with Crippen molar-refractivity contribution in [2.75, 3.05) is 19.5 Å². The molecule has 0 atom stereocenters. The molecule has 0 saturated heterocycles. The van der Waals surface area contributed by atoms with Gasteiger partial charge < -0.3 is 9.47 Å². The first kappa shape index (κ1) is 15.5. The van der Waals surface area contributed by atoms with Crippen LogP contribution < -0.4 is 14.8 Å². The largest absolute Gasteiger partial charge is 0.481 e. The molecule has 0 aliphatic rings. The quantitative estimate of drug-likeness (QED) is 0.815. The molecular weight excluding hydrogens is 316 g/mol. The summed E-state index contributed by atoms with van der Waals surface area (Å²) in [4.78, 5) is 24.2. The molecule has 21 heavy (non-hydrogen) atoms. The third kappa shape index (κ3) is 4.27. The van der Waals surface area contributed by atoms with Crippen LogP contribution in [0.2, 0.25) is 0 Å². The van der Waals surface area contributed by atoms with Gasteiger partial charge in [-0.05, 0) is 0 Å². The van der Waals surface area contributed by atoms with Crippen LogP contribution in [-0.2, 0) is 17.1 Å². The number of carbonyl (C=O) groups excluding carboxylic acids is 1. The van der Waals surface area contributed by atoms with E-state index in [0.29, 0.717) is 22.6 Å². The number of rotatable bonds is 6. The number of halogens is 1. The number of methoxy groups -OCH3 is 2. The SMILES string of the molecule is COc1cc(OC)nc(NC(=O)Cc2nc(CCl)cs2)n1. The summed E-state index contributed by atoms with van der Waals surface area (Å²) >= 11 is 7.05. The van der Waals surface area contributed by atoms with Gasteiger partial charge in [0.25, 0.3) is 0 Å². The van der Waals surface area contributed by atoms with E-state index in [1.54, 1.807) is 0 Å². The number of hydrogen-bond acceptors (Lipinski definition) is 7. The number of nitrogens with zero attached hydrogens (tertiary/aromatic N) is 3. The number of hydrogen-bond donors (Lipinski definition) is 1. The van der Waals surface area contributed by atoms with Crippen molar-refractivity contribution < 1.29 is 14.3 Å². The number of carbonyl (C=O) groups is 1. The fraction of sp³-hybridized carbons (Fsp3) is 0.333. The van der Waals surface area contributed by atoms with Gasteiger partial charge in [-0.15, -0.1) is 22.9 Å². The maximum Gasteiger partial charge on any atom is 0.236 e. The minimum absolute atomic E-state index is 0.116. The summed E-state index contributed by atoms with van der Waals surface area (Å²) in [5.41, 5.74) is 0.753. The van der Waals surface area contributed by atoms with Gasteiger partial charge >= 0.3 is 0 Å². The molecule has 2 aromatic heterocycles. The van der Waals surface area contributed by atoms with Crippen LogP contribution in [0.5, 0.6) is 11.8 Å². The number of amides is 1. The van der Waals surface area contributed by atoms with Crippen LogP contribution >= 0.6 is 22.9 Å². The van der Waals surface area contributed by atoms with Gasteiger partial charge in [-0.3, -0.25) is 10.1 Å². The summed E-state index contributed by atoms with van der Waals surface area (Å²) in [6.45, 7) is 0. The highest BCUT2D eigenvalue weighted by molar-refractivity contribution is 7.09. The zero-order chi connectivity index (χ0) is 15.2. The molecule has 112 valence electrons. The fourth-order valence-corrected chi connectivity index (χ4v) is 2.49. The molecule has 2 rings (SSSR count). The summed E-state index contributed by atoms with van der Waals surface area (Å²) in [6.07, 6.45) is 0.129. The van der Waals surface area contributed by atoms with E-state index in [-0.39, 0.29) is 18.3 Å².